The van der Waals surface area contributed by atoms with Gasteiger partial charge in [0, 0.05) is 5.56 Å². The summed E-state index contributed by atoms with van der Waals surface area (Å²) in [5.41, 5.74) is 2.44. The van der Waals surface area contributed by atoms with E-state index in [1.807, 2.05) is 6.07 Å². The molecule has 19 heavy (non-hydrogen) atoms. The average molecular weight is 266 g/mol. The van der Waals surface area contributed by atoms with Crippen molar-refractivity contribution in [1.29, 1.82) is 0 Å². The smallest absolute Gasteiger partial charge is 0.164 e. The number of phenolic OH excluding ortho intramolecular Hbond substituents is 1. The molecule has 1 N–H and O–H groups in total. The molecule has 0 saturated heterocycles. The normalized spacial score (nSPS) is 10.1. The minimum atomic E-state index is 0. The molecule has 2 nitrogen and oxygen atoms in total. The Labute approximate surface area is 118 Å². The number of rotatable bonds is 8. The molecule has 0 aliphatic rings. The van der Waals surface area contributed by atoms with E-state index in [0.717, 1.165) is 24.8 Å². The maximum Gasteiger partial charge on any atom is 0.164 e. The molecule has 0 unspecified atom stereocenters. The van der Waals surface area contributed by atoms with E-state index in [1.165, 1.54) is 24.8 Å². The Kier molecular flexibility index (Phi) is 9.11. The van der Waals surface area contributed by atoms with E-state index in [1.54, 1.807) is 6.07 Å². The molecule has 1 rings (SSSR count). The number of ether oxygens (including phenoxy) is 1. The fourth-order valence-electron chi connectivity index (χ4n) is 2.24. The van der Waals surface area contributed by atoms with E-state index in [-0.39, 0.29) is 13.2 Å². The predicted octanol–water partition coefficient (Wildman–Crippen LogP) is 5.11. The van der Waals surface area contributed by atoms with Gasteiger partial charge < -0.3 is 9.84 Å². The van der Waals surface area contributed by atoms with Crippen LogP contribution in [0.4, 0.5) is 0 Å². The summed E-state index contributed by atoms with van der Waals surface area (Å²) in [6, 6.07) is 3.75. The van der Waals surface area contributed by atoms with Crippen LogP contribution >= 0.6 is 0 Å². The summed E-state index contributed by atoms with van der Waals surface area (Å²) in [7, 11) is 0. The van der Waals surface area contributed by atoms with Crippen molar-refractivity contribution in [2.24, 2.45) is 0 Å². The van der Waals surface area contributed by atoms with Gasteiger partial charge in [-0.25, -0.2) is 0 Å². The second kappa shape index (κ2) is 9.71. The van der Waals surface area contributed by atoms with Crippen molar-refractivity contribution < 1.29 is 9.84 Å². The summed E-state index contributed by atoms with van der Waals surface area (Å²) in [6.07, 6.45) is 6.64. The van der Waals surface area contributed by atoms with Gasteiger partial charge in [-0.1, -0.05) is 53.5 Å². The van der Waals surface area contributed by atoms with Gasteiger partial charge in [0.05, 0.1) is 6.61 Å². The molecule has 0 aromatic heterocycles. The number of hydrogen-bond acceptors (Lipinski definition) is 2. The van der Waals surface area contributed by atoms with Crippen molar-refractivity contribution in [2.45, 2.75) is 66.7 Å². The largest absolute Gasteiger partial charge is 0.504 e. The Balaban J connectivity index is 0.00000324. The Hall–Kier alpha value is -1.18. The zero-order chi connectivity index (χ0) is 13.4. The molecule has 0 bridgehead atoms. The van der Waals surface area contributed by atoms with Crippen molar-refractivity contribution in [1.82, 2.24) is 0 Å². The van der Waals surface area contributed by atoms with Crippen LogP contribution in [0.25, 0.3) is 0 Å². The quantitative estimate of drug-likeness (QED) is 0.662. The van der Waals surface area contributed by atoms with Crippen molar-refractivity contribution in [3.05, 3.63) is 23.3 Å². The van der Waals surface area contributed by atoms with Gasteiger partial charge in [-0.2, -0.15) is 0 Å². The second-order valence-corrected chi connectivity index (χ2v) is 4.67. The molecule has 110 valence electrons. The van der Waals surface area contributed by atoms with Gasteiger partial charge in [-0.05, 0) is 30.9 Å². The number of unbranched alkanes of at least 4 members (excludes halogenated alkanes) is 3. The number of hydrogen-bond donors (Lipinski definition) is 1. The molecule has 0 fully saturated rings. The summed E-state index contributed by atoms with van der Waals surface area (Å²) in [6.45, 7) is 7.15. The van der Waals surface area contributed by atoms with E-state index in [4.69, 9.17) is 4.74 Å². The molecule has 1 aromatic carbocycles. The summed E-state index contributed by atoms with van der Waals surface area (Å²) in [5.74, 6) is 0.980. The van der Waals surface area contributed by atoms with Crippen LogP contribution in [0.15, 0.2) is 12.1 Å². The fraction of sp³-hybridized carbons (Fsp3) is 0.647. The van der Waals surface area contributed by atoms with Crippen molar-refractivity contribution in [3.63, 3.8) is 0 Å². The Morgan fingerprint density at radius 1 is 1.00 bits per heavy atom. The van der Waals surface area contributed by atoms with Crippen molar-refractivity contribution in [2.75, 3.05) is 6.61 Å². The molecule has 0 radical (unpaired) electrons. The lowest BCUT2D eigenvalue weighted by molar-refractivity contribution is 0.286. The minimum Gasteiger partial charge on any atom is -0.504 e. The fourth-order valence-corrected chi connectivity index (χ4v) is 2.24. The van der Waals surface area contributed by atoms with E-state index in [0.29, 0.717) is 12.4 Å². The van der Waals surface area contributed by atoms with Gasteiger partial charge in [0.15, 0.2) is 11.5 Å². The molecule has 0 aliphatic heterocycles. The number of aryl methyl sites for hydroxylation is 1. The molecule has 0 spiro atoms. The molecule has 0 aliphatic carbocycles. The van der Waals surface area contributed by atoms with Crippen LogP contribution in [0.2, 0.25) is 0 Å². The minimum absolute atomic E-state index is 0. The zero-order valence-electron chi connectivity index (χ0n) is 12.0. The van der Waals surface area contributed by atoms with Crippen LogP contribution in [-0.2, 0) is 12.8 Å². The third-order valence-electron chi connectivity index (χ3n) is 3.32. The van der Waals surface area contributed by atoms with E-state index >= 15 is 0 Å². The van der Waals surface area contributed by atoms with Gasteiger partial charge in [0.1, 0.15) is 0 Å². The maximum absolute atomic E-state index is 9.92. The van der Waals surface area contributed by atoms with Gasteiger partial charge >= 0.3 is 0 Å². The highest BCUT2D eigenvalue weighted by molar-refractivity contribution is 5.50. The molecule has 0 amide bonds. The highest BCUT2D eigenvalue weighted by atomic mass is 16.5. The Bertz CT molecular complexity index is 359. The molecule has 0 atom stereocenters. The molecule has 2 heteroatoms. The van der Waals surface area contributed by atoms with Crippen molar-refractivity contribution >= 4 is 0 Å². The lowest BCUT2D eigenvalue weighted by Crippen LogP contribution is -2.02. The van der Waals surface area contributed by atoms with Crippen LogP contribution in [-0.4, -0.2) is 11.7 Å². The second-order valence-electron chi connectivity index (χ2n) is 4.67. The van der Waals surface area contributed by atoms with E-state index < -0.39 is 0 Å². The summed E-state index contributed by atoms with van der Waals surface area (Å²) >= 11 is 0. The lowest BCUT2D eigenvalue weighted by Gasteiger charge is -2.15. The first-order valence-electron chi connectivity index (χ1n) is 7.21. The predicted molar refractivity (Wildman–Crippen MR) is 83.2 cm³/mol. The molecule has 0 heterocycles. The maximum atomic E-state index is 9.92. The average Bonchev–Trinajstić information content (AvgIpc) is 2.39. The standard InChI is InChI=1S/C16H26O2.CH4/c1-4-7-8-9-12-18-16-14(6-3)13(5-2)10-11-15(16)17;/h10-11,17H,4-9,12H2,1-3H3;1H4. The molecular weight excluding hydrogens is 236 g/mol. The zero-order valence-corrected chi connectivity index (χ0v) is 12.0. The van der Waals surface area contributed by atoms with Crippen LogP contribution < -0.4 is 4.74 Å². The molecular formula is C17H30O2. The molecule has 0 saturated carbocycles. The van der Waals surface area contributed by atoms with Crippen LogP contribution in [0.5, 0.6) is 11.5 Å². The Morgan fingerprint density at radius 2 is 1.74 bits per heavy atom. The first-order chi connectivity index (χ1) is 8.74. The van der Waals surface area contributed by atoms with Crippen LogP contribution in [0.1, 0.15) is 65.0 Å². The summed E-state index contributed by atoms with van der Waals surface area (Å²) in [5, 5.41) is 9.92. The molecule has 1 aromatic rings. The van der Waals surface area contributed by atoms with E-state index in [2.05, 4.69) is 20.8 Å². The van der Waals surface area contributed by atoms with Gasteiger partial charge in [0.2, 0.25) is 0 Å². The number of benzene rings is 1. The first kappa shape index (κ1) is 17.8. The Morgan fingerprint density at radius 3 is 2.32 bits per heavy atom. The number of aromatic hydroxyl groups is 1. The third kappa shape index (κ3) is 5.14. The van der Waals surface area contributed by atoms with Gasteiger partial charge in [0.25, 0.3) is 0 Å². The summed E-state index contributed by atoms with van der Waals surface area (Å²) < 4.78 is 5.80. The van der Waals surface area contributed by atoms with Crippen molar-refractivity contribution in [3.8, 4) is 11.5 Å². The summed E-state index contributed by atoms with van der Waals surface area (Å²) in [4.78, 5) is 0. The highest BCUT2D eigenvalue weighted by Crippen LogP contribution is 2.33. The van der Waals surface area contributed by atoms with Gasteiger partial charge in [-0.15, -0.1) is 0 Å². The monoisotopic (exact) mass is 266 g/mol. The lowest BCUT2D eigenvalue weighted by atomic mass is 10.0. The third-order valence-corrected chi connectivity index (χ3v) is 3.32. The van der Waals surface area contributed by atoms with E-state index in [9.17, 15) is 5.11 Å². The van der Waals surface area contributed by atoms with Gasteiger partial charge in [-0.3, -0.25) is 0 Å². The topological polar surface area (TPSA) is 29.5 Å². The van der Waals surface area contributed by atoms with Crippen LogP contribution in [0.3, 0.4) is 0 Å². The number of phenols is 1. The highest BCUT2D eigenvalue weighted by Gasteiger charge is 2.11. The SMILES string of the molecule is C.CCCCCCOc1c(O)ccc(CC)c1CC. The van der Waals surface area contributed by atoms with Crippen LogP contribution in [0, 0.1) is 0 Å². The first-order valence-corrected chi connectivity index (χ1v) is 7.21.